The third kappa shape index (κ3) is 6.44. The Balaban J connectivity index is 2.26. The lowest BCUT2D eigenvalue weighted by atomic mass is 9.93. The third-order valence-corrected chi connectivity index (χ3v) is 7.08. The van der Waals surface area contributed by atoms with Crippen molar-refractivity contribution < 1.29 is 36.4 Å². The van der Waals surface area contributed by atoms with E-state index in [-0.39, 0.29) is 22.9 Å². The smallest absolute Gasteiger partial charge is 0.303 e. The van der Waals surface area contributed by atoms with E-state index in [1.54, 1.807) is 12.1 Å². The number of hydrogen-bond acceptors (Lipinski definition) is 9. The van der Waals surface area contributed by atoms with E-state index in [0.717, 1.165) is 11.3 Å². The normalized spacial score (nSPS) is 26.8. The van der Waals surface area contributed by atoms with Crippen LogP contribution < -0.4 is 0 Å². The Morgan fingerprint density at radius 1 is 1.07 bits per heavy atom. The number of esters is 2. The van der Waals surface area contributed by atoms with Gasteiger partial charge in [0.1, 0.15) is 17.6 Å². The van der Waals surface area contributed by atoms with Crippen LogP contribution in [0.25, 0.3) is 0 Å². The highest BCUT2D eigenvalue weighted by Gasteiger charge is 2.48. The van der Waals surface area contributed by atoms with Crippen molar-refractivity contribution in [2.45, 2.75) is 63.3 Å². The molecule has 0 aliphatic carbocycles. The van der Waals surface area contributed by atoms with Gasteiger partial charge >= 0.3 is 11.9 Å². The summed E-state index contributed by atoms with van der Waals surface area (Å²) in [7, 11) is -4.05. The molecule has 1 aliphatic heterocycles. The van der Waals surface area contributed by atoms with Crippen LogP contribution in [0, 0.1) is 12.8 Å². The second-order valence-corrected chi connectivity index (χ2v) is 10.0. The van der Waals surface area contributed by atoms with Gasteiger partial charge in [0.15, 0.2) is 6.10 Å². The van der Waals surface area contributed by atoms with Crippen molar-refractivity contribution >= 4 is 33.8 Å². The first kappa shape index (κ1) is 24.6. The molecule has 0 radical (unpaired) electrons. The Hall–Kier alpha value is -1.62. The van der Waals surface area contributed by atoms with E-state index in [2.05, 4.69) is 0 Å². The zero-order chi connectivity index (χ0) is 22.5. The molecule has 1 aromatic rings. The van der Waals surface area contributed by atoms with Crippen molar-refractivity contribution in [1.82, 2.24) is 0 Å². The molecule has 8 nitrogen and oxygen atoms in total. The number of carbonyl (C=O) groups excluding carboxylic acids is 2. The first-order chi connectivity index (χ1) is 14.0. The number of benzene rings is 1. The molecule has 1 fully saturated rings. The Bertz CT molecular complexity index is 837. The van der Waals surface area contributed by atoms with Gasteiger partial charge in [-0.2, -0.15) is 8.42 Å². The van der Waals surface area contributed by atoms with Gasteiger partial charge in [0.05, 0.1) is 11.5 Å². The minimum absolute atomic E-state index is 0.0114. The van der Waals surface area contributed by atoms with Gasteiger partial charge in [0.2, 0.25) is 0 Å². The van der Waals surface area contributed by atoms with Gasteiger partial charge in [-0.15, -0.1) is 11.8 Å². The van der Waals surface area contributed by atoms with Crippen LogP contribution in [0.2, 0.25) is 0 Å². The summed E-state index contributed by atoms with van der Waals surface area (Å²) in [6, 6.07) is 6.24. The lowest BCUT2D eigenvalue weighted by Crippen LogP contribution is -2.57. The van der Waals surface area contributed by atoms with Crippen molar-refractivity contribution in [3.8, 4) is 0 Å². The van der Waals surface area contributed by atoms with Crippen LogP contribution in [0.3, 0.4) is 0 Å². The number of thioether (sulfide) groups is 1. The van der Waals surface area contributed by atoms with Crippen molar-refractivity contribution in [2.75, 3.05) is 12.4 Å². The minimum atomic E-state index is -4.05. The van der Waals surface area contributed by atoms with Crippen LogP contribution in [0.4, 0.5) is 0 Å². The van der Waals surface area contributed by atoms with Gasteiger partial charge < -0.3 is 14.2 Å². The van der Waals surface area contributed by atoms with E-state index < -0.39 is 40.4 Å². The third-order valence-electron chi connectivity index (χ3n) is 4.58. The van der Waals surface area contributed by atoms with Crippen molar-refractivity contribution in [3.05, 3.63) is 29.8 Å². The Morgan fingerprint density at radius 3 is 2.17 bits per heavy atom. The summed E-state index contributed by atoms with van der Waals surface area (Å²) in [5, 5.41) is 0. The van der Waals surface area contributed by atoms with Gasteiger partial charge in [0.25, 0.3) is 10.1 Å². The van der Waals surface area contributed by atoms with Crippen LogP contribution in [-0.2, 0) is 38.1 Å². The summed E-state index contributed by atoms with van der Waals surface area (Å²) in [6.45, 7) is 7.73. The topological polar surface area (TPSA) is 105 Å². The molecule has 0 amide bonds. The zero-order valence-corrected chi connectivity index (χ0v) is 19.3. The maximum Gasteiger partial charge on any atom is 0.303 e. The number of aryl methyl sites for hydroxylation is 1. The van der Waals surface area contributed by atoms with E-state index in [0.29, 0.717) is 0 Å². The maximum atomic E-state index is 12.6. The fourth-order valence-corrected chi connectivity index (χ4v) is 5.09. The molecular weight excluding hydrogens is 432 g/mol. The fourth-order valence-electron chi connectivity index (χ4n) is 3.16. The molecule has 1 aromatic carbocycles. The average Bonchev–Trinajstić information content (AvgIpc) is 2.65. The number of carbonyl (C=O) groups is 2. The molecular formula is C20H28O8S2. The second-order valence-electron chi connectivity index (χ2n) is 7.06. The van der Waals surface area contributed by atoms with E-state index in [1.165, 1.54) is 37.7 Å². The number of rotatable bonds is 8. The second kappa shape index (κ2) is 10.6. The zero-order valence-electron chi connectivity index (χ0n) is 17.7. The monoisotopic (exact) mass is 460 g/mol. The first-order valence-corrected chi connectivity index (χ1v) is 12.1. The number of hydrogen-bond donors (Lipinski definition) is 0. The largest absolute Gasteiger partial charge is 0.458 e. The van der Waals surface area contributed by atoms with Crippen LogP contribution in [0.15, 0.2) is 29.2 Å². The van der Waals surface area contributed by atoms with Gasteiger partial charge in [-0.25, -0.2) is 0 Å². The Kier molecular flexibility index (Phi) is 8.72. The predicted octanol–water partition coefficient (Wildman–Crippen LogP) is 2.68. The lowest BCUT2D eigenvalue weighted by Gasteiger charge is -2.43. The molecule has 5 atom stereocenters. The molecule has 10 heteroatoms. The first-order valence-electron chi connectivity index (χ1n) is 9.62. The fraction of sp³-hybridized carbons (Fsp3) is 0.600. The molecule has 1 saturated heterocycles. The van der Waals surface area contributed by atoms with Crippen LogP contribution in [-0.4, -0.2) is 56.5 Å². The van der Waals surface area contributed by atoms with Crippen LogP contribution in [0.1, 0.15) is 33.3 Å². The molecule has 0 N–H and O–H groups in total. The van der Waals surface area contributed by atoms with E-state index in [4.69, 9.17) is 18.4 Å². The Labute approximate surface area is 181 Å². The highest BCUT2D eigenvalue weighted by molar-refractivity contribution is 7.99. The van der Waals surface area contributed by atoms with Gasteiger partial charge in [-0.05, 0) is 24.8 Å². The molecule has 0 bridgehead atoms. The van der Waals surface area contributed by atoms with E-state index in [1.807, 2.05) is 20.8 Å². The molecule has 1 aliphatic rings. The minimum Gasteiger partial charge on any atom is -0.458 e. The summed E-state index contributed by atoms with van der Waals surface area (Å²) < 4.78 is 47.2. The molecule has 168 valence electrons. The molecule has 2 unspecified atom stereocenters. The van der Waals surface area contributed by atoms with Gasteiger partial charge in [-0.1, -0.05) is 31.5 Å². The van der Waals surface area contributed by atoms with Crippen molar-refractivity contribution in [3.63, 3.8) is 0 Å². The maximum absolute atomic E-state index is 12.6. The summed E-state index contributed by atoms with van der Waals surface area (Å²) in [4.78, 5) is 23.3. The van der Waals surface area contributed by atoms with Crippen molar-refractivity contribution in [2.24, 2.45) is 5.92 Å². The van der Waals surface area contributed by atoms with E-state index in [9.17, 15) is 18.0 Å². The average molecular weight is 461 g/mol. The highest BCUT2D eigenvalue weighted by Crippen LogP contribution is 2.36. The Morgan fingerprint density at radius 2 is 1.63 bits per heavy atom. The predicted molar refractivity (Wildman–Crippen MR) is 111 cm³/mol. The van der Waals surface area contributed by atoms with Crippen LogP contribution in [0.5, 0.6) is 0 Å². The van der Waals surface area contributed by atoms with Gasteiger partial charge in [-0.3, -0.25) is 13.8 Å². The SMILES string of the molecule is CCSC1OC(COS(=O)(=O)c2ccc(C)cc2)[C@H](OC(C)=O)[C@H](OC(C)=O)[C@H]1C. The number of ether oxygens (including phenoxy) is 3. The van der Waals surface area contributed by atoms with Crippen molar-refractivity contribution in [1.29, 1.82) is 0 Å². The standard InChI is InChI=1S/C20H28O8S2/c1-6-29-20-13(3)18(26-14(4)21)19(27-15(5)22)17(28-20)11-25-30(23,24)16-9-7-12(2)8-10-16/h7-10,13,17-20H,6,11H2,1-5H3/t13-,17?,18-,19+,20?/m1/s1. The summed E-state index contributed by atoms with van der Waals surface area (Å²) in [6.07, 6.45) is -2.72. The quantitative estimate of drug-likeness (QED) is 0.427. The lowest BCUT2D eigenvalue weighted by molar-refractivity contribution is -0.213. The molecule has 0 aromatic heterocycles. The molecule has 0 spiro atoms. The summed E-state index contributed by atoms with van der Waals surface area (Å²) >= 11 is 1.49. The summed E-state index contributed by atoms with van der Waals surface area (Å²) in [5.74, 6) is -0.679. The summed E-state index contributed by atoms with van der Waals surface area (Å²) in [5.41, 5.74) is 0.527. The molecule has 30 heavy (non-hydrogen) atoms. The van der Waals surface area contributed by atoms with Crippen LogP contribution >= 0.6 is 11.8 Å². The molecule has 0 saturated carbocycles. The van der Waals surface area contributed by atoms with Gasteiger partial charge in [0, 0.05) is 19.8 Å². The van der Waals surface area contributed by atoms with E-state index >= 15 is 0 Å². The molecule has 2 rings (SSSR count). The highest BCUT2D eigenvalue weighted by atomic mass is 32.2. The molecule has 1 heterocycles.